The monoisotopic (exact) mass is 246 g/mol. The second-order valence-electron chi connectivity index (χ2n) is 4.31. The van der Waals surface area contributed by atoms with E-state index in [-0.39, 0.29) is 19.5 Å². The molecule has 1 unspecified atom stereocenters. The molecule has 16 heavy (non-hydrogen) atoms. The van der Waals surface area contributed by atoms with Crippen LogP contribution in [0.5, 0.6) is 0 Å². The molecule has 1 atom stereocenters. The third kappa shape index (κ3) is 2.37. The number of aliphatic hydroxyl groups is 1. The second kappa shape index (κ2) is 4.70. The summed E-state index contributed by atoms with van der Waals surface area (Å²) in [6, 6.07) is 1.79. The maximum atomic E-state index is 11.9. The van der Waals surface area contributed by atoms with Crippen molar-refractivity contribution in [3.05, 3.63) is 0 Å². The average Bonchev–Trinajstić information content (AvgIpc) is 2.15. The second-order valence-corrected chi connectivity index (χ2v) is 6.43. The SMILES string of the molecule is CCCC1(O)CN(S(=O)(=O)C(C#N)CC)C1. The molecule has 0 aromatic carbocycles. The third-order valence-corrected chi connectivity index (χ3v) is 5.03. The summed E-state index contributed by atoms with van der Waals surface area (Å²) in [7, 11) is -3.54. The van der Waals surface area contributed by atoms with Gasteiger partial charge in [-0.1, -0.05) is 20.3 Å². The smallest absolute Gasteiger partial charge is 0.230 e. The van der Waals surface area contributed by atoms with Crippen LogP contribution in [0, 0.1) is 11.3 Å². The maximum Gasteiger partial charge on any atom is 0.230 e. The molecule has 1 aliphatic rings. The molecule has 1 heterocycles. The van der Waals surface area contributed by atoms with E-state index in [0.29, 0.717) is 6.42 Å². The zero-order valence-electron chi connectivity index (χ0n) is 9.68. The lowest BCUT2D eigenvalue weighted by molar-refractivity contribution is -0.0655. The molecule has 1 fully saturated rings. The Kier molecular flexibility index (Phi) is 3.94. The number of rotatable bonds is 5. The lowest BCUT2D eigenvalue weighted by Gasteiger charge is -2.45. The van der Waals surface area contributed by atoms with Crippen molar-refractivity contribution in [2.24, 2.45) is 0 Å². The van der Waals surface area contributed by atoms with Gasteiger partial charge >= 0.3 is 0 Å². The molecule has 0 saturated carbocycles. The van der Waals surface area contributed by atoms with E-state index in [1.807, 2.05) is 6.92 Å². The van der Waals surface area contributed by atoms with E-state index in [0.717, 1.165) is 6.42 Å². The Morgan fingerprint density at radius 2 is 2.06 bits per heavy atom. The van der Waals surface area contributed by atoms with Gasteiger partial charge in [-0.25, -0.2) is 8.42 Å². The number of sulfonamides is 1. The fraction of sp³-hybridized carbons (Fsp3) is 0.900. The van der Waals surface area contributed by atoms with Gasteiger partial charge in [0.1, 0.15) is 0 Å². The van der Waals surface area contributed by atoms with Gasteiger partial charge in [0, 0.05) is 13.1 Å². The van der Waals surface area contributed by atoms with E-state index in [4.69, 9.17) is 5.26 Å². The predicted octanol–water partition coefficient (Wildman–Crippen LogP) is 0.465. The fourth-order valence-electron chi connectivity index (χ4n) is 1.96. The van der Waals surface area contributed by atoms with Crippen molar-refractivity contribution in [2.45, 2.75) is 44.0 Å². The highest BCUT2D eigenvalue weighted by atomic mass is 32.2. The van der Waals surface area contributed by atoms with Crippen LogP contribution in [0.25, 0.3) is 0 Å². The van der Waals surface area contributed by atoms with Crippen molar-refractivity contribution in [2.75, 3.05) is 13.1 Å². The zero-order chi connectivity index (χ0) is 12.4. The van der Waals surface area contributed by atoms with Crippen LogP contribution in [0.1, 0.15) is 33.1 Å². The highest BCUT2D eigenvalue weighted by Crippen LogP contribution is 2.30. The molecule has 1 aliphatic heterocycles. The van der Waals surface area contributed by atoms with Crippen LogP contribution in [0.2, 0.25) is 0 Å². The van der Waals surface area contributed by atoms with Gasteiger partial charge in [-0.2, -0.15) is 9.57 Å². The summed E-state index contributed by atoms with van der Waals surface area (Å²) in [5.74, 6) is 0. The van der Waals surface area contributed by atoms with Crippen LogP contribution in [-0.4, -0.2) is 41.8 Å². The summed E-state index contributed by atoms with van der Waals surface area (Å²) in [6.07, 6.45) is 1.70. The first-order valence-corrected chi connectivity index (χ1v) is 7.01. The van der Waals surface area contributed by atoms with Crippen molar-refractivity contribution in [3.63, 3.8) is 0 Å². The Morgan fingerprint density at radius 1 is 1.50 bits per heavy atom. The normalized spacial score (nSPS) is 22.1. The molecule has 1 rings (SSSR count). The van der Waals surface area contributed by atoms with Gasteiger partial charge in [0.25, 0.3) is 0 Å². The first-order valence-electron chi connectivity index (χ1n) is 5.50. The van der Waals surface area contributed by atoms with E-state index in [9.17, 15) is 13.5 Å². The summed E-state index contributed by atoms with van der Waals surface area (Å²) in [5, 5.41) is 17.6. The Labute approximate surface area is 96.7 Å². The van der Waals surface area contributed by atoms with E-state index in [1.54, 1.807) is 13.0 Å². The minimum absolute atomic E-state index is 0.126. The molecule has 0 aromatic heterocycles. The van der Waals surface area contributed by atoms with Gasteiger partial charge in [0.2, 0.25) is 10.0 Å². The zero-order valence-corrected chi connectivity index (χ0v) is 10.5. The molecule has 0 aliphatic carbocycles. The number of nitriles is 1. The van der Waals surface area contributed by atoms with Crippen molar-refractivity contribution in [1.29, 1.82) is 5.26 Å². The van der Waals surface area contributed by atoms with Gasteiger partial charge in [-0.15, -0.1) is 0 Å². The van der Waals surface area contributed by atoms with Crippen LogP contribution >= 0.6 is 0 Å². The number of nitrogens with zero attached hydrogens (tertiary/aromatic N) is 2. The van der Waals surface area contributed by atoms with E-state index in [1.165, 1.54) is 4.31 Å². The molecular formula is C10H18N2O3S. The minimum Gasteiger partial charge on any atom is -0.387 e. The Bertz CT molecular complexity index is 379. The fourth-order valence-corrected chi connectivity index (χ4v) is 3.72. The van der Waals surface area contributed by atoms with E-state index < -0.39 is 20.9 Å². The molecule has 0 radical (unpaired) electrons. The van der Waals surface area contributed by atoms with Crippen LogP contribution in [0.4, 0.5) is 0 Å². The molecular weight excluding hydrogens is 228 g/mol. The molecule has 5 nitrogen and oxygen atoms in total. The Morgan fingerprint density at radius 3 is 2.44 bits per heavy atom. The largest absolute Gasteiger partial charge is 0.387 e. The average molecular weight is 246 g/mol. The lowest BCUT2D eigenvalue weighted by atomic mass is 9.92. The summed E-state index contributed by atoms with van der Waals surface area (Å²) in [5.41, 5.74) is -0.879. The standard InChI is InChI=1S/C10H18N2O3S/c1-3-5-10(13)7-12(8-10)16(14,15)9(4-2)6-11/h9,13H,3-5,7-8H2,1-2H3. The Hall–Kier alpha value is -0.640. The van der Waals surface area contributed by atoms with Crippen LogP contribution in [0.15, 0.2) is 0 Å². The first kappa shape index (κ1) is 13.4. The van der Waals surface area contributed by atoms with Gasteiger partial charge in [-0.05, 0) is 12.8 Å². The quantitative estimate of drug-likeness (QED) is 0.764. The Balaban J connectivity index is 2.67. The van der Waals surface area contributed by atoms with Crippen LogP contribution in [0.3, 0.4) is 0 Å². The van der Waals surface area contributed by atoms with Gasteiger partial charge in [-0.3, -0.25) is 0 Å². The molecule has 92 valence electrons. The molecule has 0 bridgehead atoms. The third-order valence-electron chi connectivity index (χ3n) is 2.89. The van der Waals surface area contributed by atoms with Crippen molar-refractivity contribution in [3.8, 4) is 6.07 Å². The summed E-state index contributed by atoms with van der Waals surface area (Å²) in [6.45, 7) is 3.87. The van der Waals surface area contributed by atoms with E-state index in [2.05, 4.69) is 0 Å². The topological polar surface area (TPSA) is 81.4 Å². The molecule has 1 N–H and O–H groups in total. The van der Waals surface area contributed by atoms with Gasteiger partial charge < -0.3 is 5.11 Å². The first-order chi connectivity index (χ1) is 7.39. The van der Waals surface area contributed by atoms with Crippen molar-refractivity contribution < 1.29 is 13.5 Å². The van der Waals surface area contributed by atoms with Gasteiger partial charge in [0.05, 0.1) is 11.7 Å². The highest BCUT2D eigenvalue weighted by molar-refractivity contribution is 7.90. The van der Waals surface area contributed by atoms with E-state index >= 15 is 0 Å². The molecule has 6 heteroatoms. The molecule has 0 spiro atoms. The van der Waals surface area contributed by atoms with Crippen LogP contribution in [-0.2, 0) is 10.0 Å². The van der Waals surface area contributed by atoms with Crippen LogP contribution < -0.4 is 0 Å². The molecule has 0 amide bonds. The van der Waals surface area contributed by atoms with Crippen molar-refractivity contribution in [1.82, 2.24) is 4.31 Å². The van der Waals surface area contributed by atoms with Gasteiger partial charge in [0.15, 0.2) is 5.25 Å². The summed E-state index contributed by atoms with van der Waals surface area (Å²) in [4.78, 5) is 0. The lowest BCUT2D eigenvalue weighted by Crippen LogP contribution is -2.64. The summed E-state index contributed by atoms with van der Waals surface area (Å²) < 4.78 is 24.9. The predicted molar refractivity (Wildman–Crippen MR) is 60.0 cm³/mol. The summed E-state index contributed by atoms with van der Waals surface area (Å²) >= 11 is 0. The maximum absolute atomic E-state index is 11.9. The molecule has 1 saturated heterocycles. The minimum atomic E-state index is -3.54. The van der Waals surface area contributed by atoms with Crippen molar-refractivity contribution >= 4 is 10.0 Å². The molecule has 0 aromatic rings. The number of β-amino-alcohol motifs (C(OH)–C–C–N with tert-alkyl or cyclic N) is 1. The number of hydrogen-bond donors (Lipinski definition) is 1. The number of hydrogen-bond acceptors (Lipinski definition) is 4. The highest BCUT2D eigenvalue weighted by Gasteiger charge is 2.48.